The number of sulfone groups is 1. The highest BCUT2D eigenvalue weighted by Gasteiger charge is 2.31. The molecule has 11 heteroatoms. The van der Waals surface area contributed by atoms with Crippen molar-refractivity contribution in [1.82, 2.24) is 5.32 Å². The van der Waals surface area contributed by atoms with Crippen LogP contribution in [0.5, 0.6) is 0 Å². The van der Waals surface area contributed by atoms with Crippen molar-refractivity contribution < 1.29 is 30.4 Å². The van der Waals surface area contributed by atoms with Crippen molar-refractivity contribution in [2.45, 2.75) is 37.2 Å². The van der Waals surface area contributed by atoms with Crippen LogP contribution in [0, 0.1) is 11.6 Å². The maximum absolute atomic E-state index is 13.7. The van der Waals surface area contributed by atoms with Gasteiger partial charge in [-0.15, -0.1) is 0 Å². The number of benzene rings is 2. The molecular formula is C20H24F2N2O5S2. The lowest BCUT2D eigenvalue weighted by Crippen LogP contribution is -2.48. The average molecular weight is 475 g/mol. The van der Waals surface area contributed by atoms with E-state index in [0.717, 1.165) is 24.6 Å². The number of halogens is 2. The van der Waals surface area contributed by atoms with Gasteiger partial charge in [-0.25, -0.2) is 25.6 Å². The molecule has 0 saturated heterocycles. The lowest BCUT2D eigenvalue weighted by Gasteiger charge is -2.30. The topological polar surface area (TPSA) is 101 Å². The molecule has 0 heterocycles. The molecule has 2 atom stereocenters. The van der Waals surface area contributed by atoms with Crippen molar-refractivity contribution >= 4 is 31.5 Å². The predicted octanol–water partition coefficient (Wildman–Crippen LogP) is 2.79. The van der Waals surface area contributed by atoms with Crippen LogP contribution in [0.4, 0.5) is 14.5 Å². The molecule has 2 aromatic rings. The van der Waals surface area contributed by atoms with E-state index in [4.69, 9.17) is 0 Å². The van der Waals surface area contributed by atoms with E-state index in [0.29, 0.717) is 22.4 Å². The molecule has 0 aliphatic carbocycles. The number of rotatable bonds is 8. The van der Waals surface area contributed by atoms with E-state index in [1.54, 1.807) is 19.1 Å². The first-order valence-corrected chi connectivity index (χ1v) is 13.0. The fourth-order valence-corrected chi connectivity index (χ4v) is 4.89. The molecule has 0 bridgehead atoms. The average Bonchev–Trinajstić information content (AvgIpc) is 2.67. The van der Waals surface area contributed by atoms with Crippen LogP contribution in [0.25, 0.3) is 0 Å². The number of anilines is 1. The molecule has 0 spiro atoms. The third kappa shape index (κ3) is 6.01. The second kappa shape index (κ2) is 9.31. The molecule has 2 rings (SSSR count). The molecule has 1 N–H and O–H groups in total. The van der Waals surface area contributed by atoms with Crippen LogP contribution in [0.2, 0.25) is 0 Å². The first-order chi connectivity index (χ1) is 14.3. The number of sulfonamides is 1. The molecular weight excluding hydrogens is 450 g/mol. The number of nitrogens with one attached hydrogen (secondary N) is 1. The summed E-state index contributed by atoms with van der Waals surface area (Å²) in [6.07, 6.45) is 2.39. The highest BCUT2D eigenvalue weighted by molar-refractivity contribution is 7.92. The zero-order valence-electron chi connectivity index (χ0n) is 17.5. The highest BCUT2D eigenvalue weighted by atomic mass is 32.2. The second-order valence-electron chi connectivity index (χ2n) is 7.14. The van der Waals surface area contributed by atoms with E-state index in [1.165, 1.54) is 19.1 Å². The van der Waals surface area contributed by atoms with Gasteiger partial charge in [-0.3, -0.25) is 9.10 Å². The molecule has 0 aromatic heterocycles. The van der Waals surface area contributed by atoms with Crippen LogP contribution in [-0.2, 0) is 24.7 Å². The molecule has 0 aliphatic rings. The molecule has 0 aliphatic heterocycles. The molecule has 2 aromatic carbocycles. The smallest absolute Gasteiger partial charge is 0.244 e. The van der Waals surface area contributed by atoms with Gasteiger partial charge < -0.3 is 5.32 Å². The van der Waals surface area contributed by atoms with Gasteiger partial charge in [0.1, 0.15) is 6.04 Å². The van der Waals surface area contributed by atoms with Crippen LogP contribution >= 0.6 is 0 Å². The minimum atomic E-state index is -4.00. The van der Waals surface area contributed by atoms with Crippen molar-refractivity contribution in [2.24, 2.45) is 0 Å². The highest BCUT2D eigenvalue weighted by Crippen LogP contribution is 2.24. The molecule has 2 unspecified atom stereocenters. The SMILES string of the molecule is CCC(NC(=O)C(C)N(c1ccc(F)c(F)c1)S(C)(=O)=O)c1ccc(S(C)(=O)=O)cc1. The fraction of sp³-hybridized carbons (Fsp3) is 0.350. The van der Waals surface area contributed by atoms with Crippen molar-refractivity contribution in [3.63, 3.8) is 0 Å². The summed E-state index contributed by atoms with van der Waals surface area (Å²) in [6.45, 7) is 3.13. The normalized spacial score (nSPS) is 14.0. The molecule has 0 saturated carbocycles. The van der Waals surface area contributed by atoms with Crippen molar-refractivity contribution in [2.75, 3.05) is 16.8 Å². The predicted molar refractivity (Wildman–Crippen MR) is 114 cm³/mol. The summed E-state index contributed by atoms with van der Waals surface area (Å²) in [5.41, 5.74) is 0.448. The van der Waals surface area contributed by atoms with Gasteiger partial charge in [0.2, 0.25) is 15.9 Å². The second-order valence-corrected chi connectivity index (χ2v) is 11.0. The van der Waals surface area contributed by atoms with Gasteiger partial charge in [-0.1, -0.05) is 19.1 Å². The lowest BCUT2D eigenvalue weighted by atomic mass is 10.0. The number of carbonyl (C=O) groups excluding carboxylic acids is 1. The zero-order valence-corrected chi connectivity index (χ0v) is 19.1. The summed E-state index contributed by atoms with van der Waals surface area (Å²) < 4.78 is 75.5. The Bertz CT molecular complexity index is 1170. The minimum absolute atomic E-state index is 0.132. The van der Waals surface area contributed by atoms with Crippen molar-refractivity contribution in [3.8, 4) is 0 Å². The van der Waals surface area contributed by atoms with E-state index in [-0.39, 0.29) is 10.6 Å². The summed E-state index contributed by atoms with van der Waals surface area (Å²) >= 11 is 0. The van der Waals surface area contributed by atoms with Gasteiger partial charge >= 0.3 is 0 Å². The molecule has 7 nitrogen and oxygen atoms in total. The summed E-state index contributed by atoms with van der Waals surface area (Å²) in [6, 6.07) is 6.77. The lowest BCUT2D eigenvalue weighted by molar-refractivity contribution is -0.122. The van der Waals surface area contributed by atoms with E-state index >= 15 is 0 Å². The van der Waals surface area contributed by atoms with Gasteiger partial charge in [-0.2, -0.15) is 0 Å². The molecule has 1 amide bonds. The van der Waals surface area contributed by atoms with Gasteiger partial charge in [0.25, 0.3) is 0 Å². The van der Waals surface area contributed by atoms with E-state index in [1.807, 2.05) is 0 Å². The van der Waals surface area contributed by atoms with Gasteiger partial charge in [0, 0.05) is 12.3 Å². The van der Waals surface area contributed by atoms with Gasteiger partial charge in [0.15, 0.2) is 21.5 Å². The molecule has 0 fully saturated rings. The van der Waals surface area contributed by atoms with E-state index in [2.05, 4.69) is 5.32 Å². The summed E-state index contributed by atoms with van der Waals surface area (Å²) in [4.78, 5) is 13.0. The minimum Gasteiger partial charge on any atom is -0.347 e. The Hall–Kier alpha value is -2.53. The Morgan fingerprint density at radius 3 is 2.03 bits per heavy atom. The van der Waals surface area contributed by atoms with Crippen molar-refractivity contribution in [1.29, 1.82) is 0 Å². The number of nitrogens with zero attached hydrogens (tertiary/aromatic N) is 1. The Balaban J connectivity index is 2.30. The van der Waals surface area contributed by atoms with E-state index < -0.39 is 49.5 Å². The third-order valence-corrected chi connectivity index (χ3v) is 7.05. The third-order valence-electron chi connectivity index (χ3n) is 4.68. The van der Waals surface area contributed by atoms with Gasteiger partial charge in [0.05, 0.1) is 22.9 Å². The Kier molecular flexibility index (Phi) is 7.43. The largest absolute Gasteiger partial charge is 0.347 e. The first kappa shape index (κ1) is 24.7. The monoisotopic (exact) mass is 474 g/mol. The van der Waals surface area contributed by atoms with Crippen LogP contribution in [0.1, 0.15) is 31.9 Å². The van der Waals surface area contributed by atoms with Crippen LogP contribution in [0.15, 0.2) is 47.4 Å². The van der Waals surface area contributed by atoms with E-state index in [9.17, 15) is 30.4 Å². The number of amides is 1. The number of carbonyl (C=O) groups is 1. The van der Waals surface area contributed by atoms with Gasteiger partial charge in [-0.05, 0) is 43.2 Å². The summed E-state index contributed by atoms with van der Waals surface area (Å²) in [7, 11) is -7.38. The quantitative estimate of drug-likeness (QED) is 0.634. The Labute approximate surface area is 181 Å². The van der Waals surface area contributed by atoms with Crippen LogP contribution < -0.4 is 9.62 Å². The fourth-order valence-electron chi connectivity index (χ4n) is 3.09. The standard InChI is InChI=1S/C20H24F2N2O5S2/c1-5-19(14-6-9-16(10-7-14)30(3,26)27)23-20(25)13(2)24(31(4,28)29)15-8-11-17(21)18(22)12-15/h6-13,19H,5H2,1-4H3,(H,23,25). The molecule has 0 radical (unpaired) electrons. The summed E-state index contributed by atoms with van der Waals surface area (Å²) in [5.74, 6) is -3.04. The zero-order chi connectivity index (χ0) is 23.6. The first-order valence-electron chi connectivity index (χ1n) is 9.30. The van der Waals surface area contributed by atoms with Crippen LogP contribution in [-0.4, -0.2) is 41.3 Å². The van der Waals surface area contributed by atoms with Crippen LogP contribution in [0.3, 0.4) is 0 Å². The number of hydrogen-bond acceptors (Lipinski definition) is 5. The molecule has 170 valence electrons. The summed E-state index contributed by atoms with van der Waals surface area (Å²) in [5, 5.41) is 2.73. The maximum Gasteiger partial charge on any atom is 0.244 e. The molecule has 31 heavy (non-hydrogen) atoms. The van der Waals surface area contributed by atoms with Crippen molar-refractivity contribution in [3.05, 3.63) is 59.7 Å². The number of hydrogen-bond donors (Lipinski definition) is 1. The Morgan fingerprint density at radius 1 is 1.00 bits per heavy atom. The maximum atomic E-state index is 13.7. The Morgan fingerprint density at radius 2 is 1.58 bits per heavy atom.